The molecule has 0 bridgehead atoms. The maximum absolute atomic E-state index is 8.94. The second-order valence-electron chi connectivity index (χ2n) is 3.56. The highest BCUT2D eigenvalue weighted by atomic mass is 35.5. The Labute approximate surface area is 106 Å². The predicted molar refractivity (Wildman–Crippen MR) is 72.3 cm³/mol. The minimum atomic E-state index is 0.597. The highest BCUT2D eigenvalue weighted by molar-refractivity contribution is 7.99. The Hall–Kier alpha value is -0.850. The van der Waals surface area contributed by atoms with Gasteiger partial charge in [0.15, 0.2) is 0 Å². The first-order chi connectivity index (χ1) is 7.67. The van der Waals surface area contributed by atoms with Gasteiger partial charge in [-0.15, -0.1) is 0 Å². The van der Waals surface area contributed by atoms with Gasteiger partial charge in [-0.2, -0.15) is 17.0 Å². The number of nitrogens with one attached hydrogen (secondary N) is 1. The van der Waals surface area contributed by atoms with Gasteiger partial charge in [0.1, 0.15) is 6.07 Å². The molecule has 0 saturated heterocycles. The Morgan fingerprint density at radius 1 is 1.56 bits per heavy atom. The molecular weight excluding hydrogens is 240 g/mol. The molecule has 4 heteroatoms. The molecule has 0 amide bonds. The maximum Gasteiger partial charge on any atom is 0.101 e. The zero-order valence-electron chi connectivity index (χ0n) is 9.46. The van der Waals surface area contributed by atoms with Crippen LogP contribution in [0.2, 0.25) is 5.02 Å². The van der Waals surface area contributed by atoms with Gasteiger partial charge < -0.3 is 5.32 Å². The van der Waals surface area contributed by atoms with Crippen molar-refractivity contribution in [1.29, 1.82) is 5.26 Å². The van der Waals surface area contributed by atoms with E-state index in [2.05, 4.69) is 24.6 Å². The van der Waals surface area contributed by atoms with E-state index in [0.717, 1.165) is 18.7 Å². The second-order valence-corrected chi connectivity index (χ2v) is 5.28. The van der Waals surface area contributed by atoms with Crippen LogP contribution in [0.3, 0.4) is 0 Å². The summed E-state index contributed by atoms with van der Waals surface area (Å²) in [6.07, 6.45) is 3.18. The third kappa shape index (κ3) is 3.96. The molecule has 1 unspecified atom stereocenters. The standard InChI is InChI=1S/C12H15ClN2S/c1-9(16-2)5-6-15-12-4-3-11(13)7-10(12)8-14/h3-4,7,9,15H,5-6H2,1-2H3. The Morgan fingerprint density at radius 2 is 2.31 bits per heavy atom. The van der Waals surface area contributed by atoms with Crippen LogP contribution >= 0.6 is 23.4 Å². The summed E-state index contributed by atoms with van der Waals surface area (Å²) in [5.41, 5.74) is 1.46. The normalized spacial score (nSPS) is 11.9. The molecule has 0 radical (unpaired) electrons. The van der Waals surface area contributed by atoms with Gasteiger partial charge >= 0.3 is 0 Å². The molecule has 0 spiro atoms. The first kappa shape index (κ1) is 13.2. The van der Waals surface area contributed by atoms with Gasteiger partial charge in [0.25, 0.3) is 0 Å². The fourth-order valence-corrected chi connectivity index (χ4v) is 1.82. The first-order valence-electron chi connectivity index (χ1n) is 5.13. The fraction of sp³-hybridized carbons (Fsp3) is 0.417. The van der Waals surface area contributed by atoms with E-state index in [1.54, 1.807) is 12.1 Å². The molecule has 1 aromatic rings. The van der Waals surface area contributed by atoms with E-state index >= 15 is 0 Å². The molecule has 16 heavy (non-hydrogen) atoms. The van der Waals surface area contributed by atoms with Crippen LogP contribution in [0, 0.1) is 11.3 Å². The van der Waals surface area contributed by atoms with Crippen molar-refractivity contribution in [3.8, 4) is 6.07 Å². The van der Waals surface area contributed by atoms with Gasteiger partial charge in [0, 0.05) is 16.8 Å². The SMILES string of the molecule is CSC(C)CCNc1ccc(Cl)cc1C#N. The Kier molecular flexibility index (Phi) is 5.51. The quantitative estimate of drug-likeness (QED) is 0.869. The summed E-state index contributed by atoms with van der Waals surface area (Å²) in [5.74, 6) is 0. The summed E-state index contributed by atoms with van der Waals surface area (Å²) < 4.78 is 0. The van der Waals surface area contributed by atoms with E-state index in [9.17, 15) is 0 Å². The lowest BCUT2D eigenvalue weighted by Gasteiger charge is -2.11. The zero-order valence-corrected chi connectivity index (χ0v) is 11.0. The lowest BCUT2D eigenvalue weighted by Crippen LogP contribution is -2.08. The van der Waals surface area contributed by atoms with Crippen molar-refractivity contribution in [2.45, 2.75) is 18.6 Å². The number of nitrogens with zero attached hydrogens (tertiary/aromatic N) is 1. The van der Waals surface area contributed by atoms with E-state index in [4.69, 9.17) is 16.9 Å². The molecule has 1 atom stereocenters. The van der Waals surface area contributed by atoms with Crippen LogP contribution in [-0.4, -0.2) is 18.1 Å². The monoisotopic (exact) mass is 254 g/mol. The number of hydrogen-bond acceptors (Lipinski definition) is 3. The molecule has 0 saturated carbocycles. The van der Waals surface area contributed by atoms with Crippen molar-refractivity contribution in [2.24, 2.45) is 0 Å². The lowest BCUT2D eigenvalue weighted by molar-refractivity contribution is 0.853. The number of rotatable bonds is 5. The van der Waals surface area contributed by atoms with Crippen molar-refractivity contribution in [3.63, 3.8) is 0 Å². The third-order valence-corrected chi connectivity index (χ3v) is 3.65. The molecule has 0 aliphatic rings. The van der Waals surface area contributed by atoms with E-state index in [-0.39, 0.29) is 0 Å². The Balaban J connectivity index is 2.57. The molecule has 86 valence electrons. The van der Waals surface area contributed by atoms with Crippen molar-refractivity contribution < 1.29 is 0 Å². The van der Waals surface area contributed by atoms with Gasteiger partial charge in [-0.3, -0.25) is 0 Å². The zero-order chi connectivity index (χ0) is 12.0. The van der Waals surface area contributed by atoms with Crippen LogP contribution in [0.15, 0.2) is 18.2 Å². The summed E-state index contributed by atoms with van der Waals surface area (Å²) >= 11 is 7.67. The van der Waals surface area contributed by atoms with Crippen LogP contribution in [0.25, 0.3) is 0 Å². The molecule has 0 aliphatic carbocycles. The molecular formula is C12H15ClN2S. The summed E-state index contributed by atoms with van der Waals surface area (Å²) in [5, 5.41) is 13.4. The Bertz CT molecular complexity index is 387. The van der Waals surface area contributed by atoms with Crippen LogP contribution in [0.5, 0.6) is 0 Å². The van der Waals surface area contributed by atoms with Gasteiger partial charge in [-0.05, 0) is 30.9 Å². The molecule has 0 aromatic heterocycles. The average molecular weight is 255 g/mol. The number of halogens is 1. The summed E-state index contributed by atoms with van der Waals surface area (Å²) in [7, 11) is 0. The maximum atomic E-state index is 8.94. The smallest absolute Gasteiger partial charge is 0.101 e. The van der Waals surface area contributed by atoms with Crippen molar-refractivity contribution >= 4 is 29.1 Å². The molecule has 0 aliphatic heterocycles. The van der Waals surface area contributed by atoms with Gasteiger partial charge in [-0.25, -0.2) is 0 Å². The minimum absolute atomic E-state index is 0.597. The van der Waals surface area contributed by atoms with Gasteiger partial charge in [0.2, 0.25) is 0 Å². The van der Waals surface area contributed by atoms with Crippen molar-refractivity contribution in [1.82, 2.24) is 0 Å². The van der Waals surface area contributed by atoms with Crippen molar-refractivity contribution in [3.05, 3.63) is 28.8 Å². The van der Waals surface area contributed by atoms with Crippen LogP contribution in [-0.2, 0) is 0 Å². The number of anilines is 1. The first-order valence-corrected chi connectivity index (χ1v) is 6.80. The number of hydrogen-bond donors (Lipinski definition) is 1. The molecule has 1 N–H and O–H groups in total. The third-order valence-electron chi connectivity index (χ3n) is 2.37. The number of benzene rings is 1. The van der Waals surface area contributed by atoms with E-state index in [1.165, 1.54) is 0 Å². The van der Waals surface area contributed by atoms with Gasteiger partial charge in [-0.1, -0.05) is 18.5 Å². The van der Waals surface area contributed by atoms with Crippen LogP contribution in [0.1, 0.15) is 18.9 Å². The molecule has 0 fully saturated rings. The van der Waals surface area contributed by atoms with Crippen molar-refractivity contribution in [2.75, 3.05) is 18.1 Å². The highest BCUT2D eigenvalue weighted by Crippen LogP contribution is 2.20. The van der Waals surface area contributed by atoms with Crippen LogP contribution < -0.4 is 5.32 Å². The topological polar surface area (TPSA) is 35.8 Å². The molecule has 1 aromatic carbocycles. The van der Waals surface area contributed by atoms with Crippen LogP contribution in [0.4, 0.5) is 5.69 Å². The predicted octanol–water partition coefficient (Wildman–Crippen LogP) is 3.77. The molecule has 1 rings (SSSR count). The molecule has 0 heterocycles. The molecule has 2 nitrogen and oxygen atoms in total. The Morgan fingerprint density at radius 3 is 2.94 bits per heavy atom. The lowest BCUT2D eigenvalue weighted by atomic mass is 10.2. The van der Waals surface area contributed by atoms with E-state index in [0.29, 0.717) is 15.8 Å². The highest BCUT2D eigenvalue weighted by Gasteiger charge is 2.03. The van der Waals surface area contributed by atoms with E-state index < -0.39 is 0 Å². The van der Waals surface area contributed by atoms with Gasteiger partial charge in [0.05, 0.1) is 11.3 Å². The fourth-order valence-electron chi connectivity index (χ4n) is 1.29. The minimum Gasteiger partial charge on any atom is -0.384 e. The summed E-state index contributed by atoms with van der Waals surface area (Å²) in [6.45, 7) is 3.07. The number of nitriles is 1. The summed E-state index contributed by atoms with van der Waals surface area (Å²) in [4.78, 5) is 0. The summed E-state index contributed by atoms with van der Waals surface area (Å²) in [6, 6.07) is 7.46. The number of thioether (sulfide) groups is 1. The average Bonchev–Trinajstić information content (AvgIpc) is 2.30. The second kappa shape index (κ2) is 6.67. The largest absolute Gasteiger partial charge is 0.384 e. The van der Waals surface area contributed by atoms with E-state index in [1.807, 2.05) is 17.8 Å².